The van der Waals surface area contributed by atoms with Gasteiger partial charge in [0.05, 0.1) is 5.51 Å². The Hall–Kier alpha value is -1.59. The Kier molecular flexibility index (Phi) is 2.27. The van der Waals surface area contributed by atoms with Crippen molar-refractivity contribution in [1.82, 2.24) is 9.97 Å². The molecule has 4 nitrogen and oxygen atoms in total. The number of nitrogens with one attached hydrogen (secondary N) is 1. The zero-order valence-corrected chi connectivity index (χ0v) is 9.55. The Morgan fingerprint density at radius 1 is 1.38 bits per heavy atom. The highest BCUT2D eigenvalue weighted by Gasteiger charge is 2.06. The minimum Gasteiger partial charge on any atom is -0.423 e. The fourth-order valence-electron chi connectivity index (χ4n) is 1.34. The van der Waals surface area contributed by atoms with E-state index in [0.717, 1.165) is 11.3 Å². The largest absolute Gasteiger partial charge is 0.423 e. The van der Waals surface area contributed by atoms with E-state index in [1.165, 1.54) is 11.3 Å². The van der Waals surface area contributed by atoms with Crippen LogP contribution in [0.5, 0.6) is 0 Å². The predicted octanol–water partition coefficient (Wildman–Crippen LogP) is 3.68. The summed E-state index contributed by atoms with van der Waals surface area (Å²) in [6.45, 7) is 0. The van der Waals surface area contributed by atoms with Crippen molar-refractivity contribution in [2.24, 2.45) is 0 Å². The minimum absolute atomic E-state index is 0.420. The SMILES string of the molecule is Clc1ccc2oc(Nc3cscn3)nc2c1. The Morgan fingerprint density at radius 3 is 3.12 bits per heavy atom. The Balaban J connectivity index is 1.99. The third kappa shape index (κ3) is 1.75. The van der Waals surface area contributed by atoms with Gasteiger partial charge in [-0.2, -0.15) is 4.98 Å². The summed E-state index contributed by atoms with van der Waals surface area (Å²) in [5, 5.41) is 5.49. The summed E-state index contributed by atoms with van der Waals surface area (Å²) in [4.78, 5) is 8.33. The van der Waals surface area contributed by atoms with Gasteiger partial charge in [-0.15, -0.1) is 11.3 Å². The van der Waals surface area contributed by atoms with Crippen LogP contribution in [0.25, 0.3) is 11.1 Å². The number of hydrogen-bond acceptors (Lipinski definition) is 5. The van der Waals surface area contributed by atoms with Gasteiger partial charge in [-0.3, -0.25) is 5.32 Å². The first-order valence-corrected chi connectivity index (χ1v) is 5.85. The monoisotopic (exact) mass is 251 g/mol. The number of anilines is 2. The van der Waals surface area contributed by atoms with Crippen LogP contribution in [0.1, 0.15) is 0 Å². The Morgan fingerprint density at radius 2 is 2.31 bits per heavy atom. The lowest BCUT2D eigenvalue weighted by Crippen LogP contribution is -1.88. The quantitative estimate of drug-likeness (QED) is 0.755. The maximum absolute atomic E-state index is 5.86. The lowest BCUT2D eigenvalue weighted by molar-refractivity contribution is 0.622. The van der Waals surface area contributed by atoms with Crippen molar-refractivity contribution >= 4 is 45.9 Å². The molecule has 0 saturated carbocycles. The lowest BCUT2D eigenvalue weighted by Gasteiger charge is -1.92. The van der Waals surface area contributed by atoms with Gasteiger partial charge in [-0.1, -0.05) is 11.6 Å². The molecule has 2 aromatic heterocycles. The number of benzene rings is 1. The molecule has 1 aromatic carbocycles. The molecule has 0 unspecified atom stereocenters. The summed E-state index contributed by atoms with van der Waals surface area (Å²) < 4.78 is 5.48. The van der Waals surface area contributed by atoms with Gasteiger partial charge in [0.25, 0.3) is 0 Å². The molecule has 1 N–H and O–H groups in total. The number of hydrogen-bond donors (Lipinski definition) is 1. The van der Waals surface area contributed by atoms with Crippen LogP contribution in [-0.2, 0) is 0 Å². The van der Waals surface area contributed by atoms with Crippen LogP contribution in [0.3, 0.4) is 0 Å². The molecule has 0 saturated heterocycles. The van der Waals surface area contributed by atoms with Crippen LogP contribution < -0.4 is 5.32 Å². The first kappa shape index (κ1) is 9.62. The summed E-state index contributed by atoms with van der Waals surface area (Å²) in [5.41, 5.74) is 3.16. The molecule has 3 aromatic rings. The third-order valence-corrected chi connectivity index (χ3v) is 2.84. The molecule has 0 aliphatic rings. The number of thiazole rings is 1. The zero-order chi connectivity index (χ0) is 11.0. The summed E-state index contributed by atoms with van der Waals surface area (Å²) >= 11 is 7.36. The molecule has 6 heteroatoms. The van der Waals surface area contributed by atoms with E-state index < -0.39 is 0 Å². The average Bonchev–Trinajstić information content (AvgIpc) is 2.86. The number of nitrogens with zero attached hydrogens (tertiary/aromatic N) is 2. The summed E-state index contributed by atoms with van der Waals surface area (Å²) in [7, 11) is 0. The lowest BCUT2D eigenvalue weighted by atomic mass is 10.3. The number of oxazole rings is 1. The summed E-state index contributed by atoms with van der Waals surface area (Å²) in [6.07, 6.45) is 0. The Bertz CT molecular complexity index is 620. The maximum atomic E-state index is 5.86. The van der Waals surface area contributed by atoms with Crippen LogP contribution in [0.4, 0.5) is 11.8 Å². The van der Waals surface area contributed by atoms with Crippen LogP contribution in [0, 0.1) is 0 Å². The molecule has 16 heavy (non-hydrogen) atoms. The van der Waals surface area contributed by atoms with Gasteiger partial charge in [0.2, 0.25) is 0 Å². The molecule has 0 fully saturated rings. The van der Waals surface area contributed by atoms with Gasteiger partial charge in [0.1, 0.15) is 11.3 Å². The topological polar surface area (TPSA) is 51.0 Å². The Labute approximate surface area is 99.9 Å². The van der Waals surface area contributed by atoms with Crippen LogP contribution >= 0.6 is 22.9 Å². The molecular formula is C10H6ClN3OS. The highest BCUT2D eigenvalue weighted by molar-refractivity contribution is 7.07. The van der Waals surface area contributed by atoms with Gasteiger partial charge in [-0.05, 0) is 18.2 Å². The first-order valence-electron chi connectivity index (χ1n) is 4.52. The molecule has 2 heterocycles. The minimum atomic E-state index is 0.420. The van der Waals surface area contributed by atoms with Crippen molar-refractivity contribution in [3.8, 4) is 0 Å². The van der Waals surface area contributed by atoms with Crippen LogP contribution in [-0.4, -0.2) is 9.97 Å². The van der Waals surface area contributed by atoms with Crippen molar-refractivity contribution in [2.45, 2.75) is 0 Å². The summed E-state index contributed by atoms with van der Waals surface area (Å²) in [5.74, 6) is 0.725. The van der Waals surface area contributed by atoms with E-state index in [4.69, 9.17) is 16.0 Å². The van der Waals surface area contributed by atoms with Crippen molar-refractivity contribution < 1.29 is 4.42 Å². The second-order valence-electron chi connectivity index (χ2n) is 3.13. The second-order valence-corrected chi connectivity index (χ2v) is 4.28. The van der Waals surface area contributed by atoms with Crippen molar-refractivity contribution in [3.63, 3.8) is 0 Å². The van der Waals surface area contributed by atoms with Crippen molar-refractivity contribution in [2.75, 3.05) is 5.32 Å². The maximum Gasteiger partial charge on any atom is 0.301 e. The second kappa shape index (κ2) is 3.77. The van der Waals surface area contributed by atoms with Gasteiger partial charge >= 0.3 is 6.01 Å². The number of halogens is 1. The fourth-order valence-corrected chi connectivity index (χ4v) is 1.99. The average molecular weight is 252 g/mol. The molecule has 0 aliphatic carbocycles. The van der Waals surface area contributed by atoms with E-state index in [1.807, 2.05) is 5.38 Å². The molecule has 0 amide bonds. The van der Waals surface area contributed by atoms with E-state index in [2.05, 4.69) is 15.3 Å². The number of aromatic nitrogens is 2. The number of fused-ring (bicyclic) bond motifs is 1. The van der Waals surface area contributed by atoms with Crippen LogP contribution in [0.15, 0.2) is 33.5 Å². The van der Waals surface area contributed by atoms with Crippen LogP contribution in [0.2, 0.25) is 5.02 Å². The molecule has 80 valence electrons. The smallest absolute Gasteiger partial charge is 0.301 e. The third-order valence-electron chi connectivity index (χ3n) is 2.02. The van der Waals surface area contributed by atoms with E-state index in [1.54, 1.807) is 23.7 Å². The summed E-state index contributed by atoms with van der Waals surface area (Å²) in [6, 6.07) is 5.73. The molecular weight excluding hydrogens is 246 g/mol. The van der Waals surface area contributed by atoms with Crippen molar-refractivity contribution in [3.05, 3.63) is 34.1 Å². The molecule has 0 aliphatic heterocycles. The van der Waals surface area contributed by atoms with E-state index in [9.17, 15) is 0 Å². The zero-order valence-electron chi connectivity index (χ0n) is 7.98. The fraction of sp³-hybridized carbons (Fsp3) is 0. The van der Waals surface area contributed by atoms with E-state index in [0.29, 0.717) is 16.6 Å². The van der Waals surface area contributed by atoms with Gasteiger partial charge < -0.3 is 4.42 Å². The molecule has 0 atom stereocenters. The van der Waals surface area contributed by atoms with E-state index >= 15 is 0 Å². The normalized spacial score (nSPS) is 10.8. The van der Waals surface area contributed by atoms with Gasteiger partial charge in [-0.25, -0.2) is 4.98 Å². The first-order chi connectivity index (χ1) is 7.81. The van der Waals surface area contributed by atoms with Gasteiger partial charge in [0.15, 0.2) is 5.58 Å². The highest BCUT2D eigenvalue weighted by Crippen LogP contribution is 2.24. The molecule has 0 bridgehead atoms. The van der Waals surface area contributed by atoms with E-state index in [-0.39, 0.29) is 0 Å². The highest BCUT2D eigenvalue weighted by atomic mass is 35.5. The van der Waals surface area contributed by atoms with Gasteiger partial charge in [0, 0.05) is 10.4 Å². The number of rotatable bonds is 2. The predicted molar refractivity (Wildman–Crippen MR) is 64.4 cm³/mol. The standard InChI is InChI=1S/C10H6ClN3OS/c11-6-1-2-8-7(3-6)13-10(15-8)14-9-4-16-5-12-9/h1-5H,(H,13,14). The molecule has 0 radical (unpaired) electrons. The van der Waals surface area contributed by atoms with Crippen molar-refractivity contribution in [1.29, 1.82) is 0 Å². The molecule has 0 spiro atoms. The molecule has 3 rings (SSSR count).